The summed E-state index contributed by atoms with van der Waals surface area (Å²) in [6.07, 6.45) is 0. The Bertz CT molecular complexity index is 3530. The molecule has 57 heavy (non-hydrogen) atoms. The minimum absolute atomic E-state index is 1.11. The largest absolute Gasteiger partial charge is 0.310 e. The monoisotopic (exact) mass is 742 g/mol. The van der Waals surface area contributed by atoms with Crippen molar-refractivity contribution < 1.29 is 0 Å². The van der Waals surface area contributed by atoms with Crippen LogP contribution in [0, 0.1) is 0 Å². The van der Waals surface area contributed by atoms with Crippen LogP contribution in [0.3, 0.4) is 0 Å². The van der Waals surface area contributed by atoms with E-state index < -0.39 is 0 Å². The lowest BCUT2D eigenvalue weighted by Crippen LogP contribution is -2.09. The molecule has 3 heteroatoms. The molecule has 0 spiro atoms. The molecular formula is C54H34N2S. The summed E-state index contributed by atoms with van der Waals surface area (Å²) in [5, 5.41) is 12.6. The smallest absolute Gasteiger partial charge is 0.0542 e. The van der Waals surface area contributed by atoms with E-state index in [9.17, 15) is 0 Å². The molecule has 0 aliphatic rings. The summed E-state index contributed by atoms with van der Waals surface area (Å²) in [6, 6.07) is 75.9. The van der Waals surface area contributed by atoms with Crippen LogP contribution in [0.25, 0.3) is 91.1 Å². The van der Waals surface area contributed by atoms with Crippen LogP contribution in [-0.4, -0.2) is 4.57 Å². The van der Waals surface area contributed by atoms with Gasteiger partial charge in [-0.3, -0.25) is 0 Å². The molecule has 0 saturated carbocycles. The Morgan fingerprint density at radius 1 is 0.333 bits per heavy atom. The maximum atomic E-state index is 2.43. The highest BCUT2D eigenvalue weighted by atomic mass is 32.1. The van der Waals surface area contributed by atoms with Crippen molar-refractivity contribution in [2.45, 2.75) is 0 Å². The van der Waals surface area contributed by atoms with E-state index in [0.29, 0.717) is 0 Å². The van der Waals surface area contributed by atoms with Crippen LogP contribution < -0.4 is 4.90 Å². The molecule has 12 aromatic rings. The third-order valence-electron chi connectivity index (χ3n) is 11.7. The Kier molecular flexibility index (Phi) is 7.13. The second kappa shape index (κ2) is 12.7. The zero-order valence-corrected chi connectivity index (χ0v) is 31.7. The van der Waals surface area contributed by atoms with Gasteiger partial charge in [0.2, 0.25) is 0 Å². The van der Waals surface area contributed by atoms with Gasteiger partial charge in [0.1, 0.15) is 0 Å². The second-order valence-corrected chi connectivity index (χ2v) is 16.0. The van der Waals surface area contributed by atoms with Gasteiger partial charge >= 0.3 is 0 Å². The van der Waals surface area contributed by atoms with Crippen molar-refractivity contribution in [1.29, 1.82) is 0 Å². The number of fused-ring (bicyclic) bond motifs is 10. The first-order chi connectivity index (χ1) is 28.2. The maximum absolute atomic E-state index is 2.43. The molecular weight excluding hydrogens is 709 g/mol. The summed E-state index contributed by atoms with van der Waals surface area (Å²) in [6.45, 7) is 0. The van der Waals surface area contributed by atoms with Crippen LogP contribution in [0.4, 0.5) is 17.1 Å². The minimum atomic E-state index is 1.11. The highest BCUT2D eigenvalue weighted by molar-refractivity contribution is 7.26. The lowest BCUT2D eigenvalue weighted by Gasteiger charge is -2.26. The molecule has 0 saturated heterocycles. The fourth-order valence-electron chi connectivity index (χ4n) is 8.94. The summed E-state index contributed by atoms with van der Waals surface area (Å²) in [7, 11) is 0. The van der Waals surface area contributed by atoms with Gasteiger partial charge in [-0.15, -0.1) is 11.3 Å². The minimum Gasteiger partial charge on any atom is -0.310 e. The molecule has 0 bridgehead atoms. The molecule has 2 aromatic heterocycles. The van der Waals surface area contributed by atoms with Gasteiger partial charge < -0.3 is 9.47 Å². The van der Waals surface area contributed by atoms with E-state index >= 15 is 0 Å². The van der Waals surface area contributed by atoms with E-state index in [2.05, 4.69) is 216 Å². The van der Waals surface area contributed by atoms with E-state index in [4.69, 9.17) is 0 Å². The van der Waals surface area contributed by atoms with Crippen molar-refractivity contribution in [3.05, 3.63) is 206 Å². The third kappa shape index (κ3) is 5.17. The van der Waals surface area contributed by atoms with Crippen LogP contribution in [0.15, 0.2) is 206 Å². The Balaban J connectivity index is 1.05. The van der Waals surface area contributed by atoms with E-state index in [-0.39, 0.29) is 0 Å². The van der Waals surface area contributed by atoms with Gasteiger partial charge in [0, 0.05) is 53.7 Å². The highest BCUT2D eigenvalue weighted by Gasteiger charge is 2.19. The fraction of sp³-hybridized carbons (Fsp3) is 0. The number of para-hydroxylation sites is 1. The van der Waals surface area contributed by atoms with Crippen molar-refractivity contribution in [3.8, 4) is 16.8 Å². The van der Waals surface area contributed by atoms with Crippen molar-refractivity contribution in [2.75, 3.05) is 4.90 Å². The molecule has 10 aromatic carbocycles. The molecule has 266 valence electrons. The van der Waals surface area contributed by atoms with Crippen LogP contribution in [-0.2, 0) is 0 Å². The molecule has 0 fully saturated rings. The Hall–Kier alpha value is -7.20. The number of rotatable bonds is 5. The van der Waals surface area contributed by atoms with Crippen LogP contribution in [0.5, 0.6) is 0 Å². The zero-order chi connectivity index (χ0) is 37.5. The molecule has 0 atom stereocenters. The summed E-state index contributed by atoms with van der Waals surface area (Å²) in [4.78, 5) is 2.43. The van der Waals surface area contributed by atoms with Crippen molar-refractivity contribution >= 4 is 103 Å². The first kappa shape index (κ1) is 32.1. The number of benzene rings is 10. The van der Waals surface area contributed by atoms with E-state index in [1.807, 2.05) is 11.3 Å². The van der Waals surface area contributed by atoms with E-state index in [0.717, 1.165) is 22.7 Å². The average Bonchev–Trinajstić information content (AvgIpc) is 3.82. The molecule has 0 amide bonds. The predicted octanol–water partition coefficient (Wildman–Crippen LogP) is 15.7. The summed E-state index contributed by atoms with van der Waals surface area (Å²) < 4.78 is 5.05. The van der Waals surface area contributed by atoms with Crippen molar-refractivity contribution in [2.24, 2.45) is 0 Å². The summed E-state index contributed by atoms with van der Waals surface area (Å²) in [5.74, 6) is 0. The molecule has 2 nitrogen and oxygen atoms in total. The standard InChI is InChI=1S/C54H34N2S/c1-3-12-39-31-41(18-17-35(39)9-1)37-19-23-42(24-20-37)55(45-27-30-53-50(34-45)48-28-22-38-11-5-6-14-46(38)54(48)57-53)44-26-29-52-49(33-44)47-15-7-8-16-51(47)56(52)43-25-21-36-10-2-4-13-40(36)32-43/h1-34H. The molecule has 2 heterocycles. The molecule has 0 unspecified atom stereocenters. The molecule has 0 aliphatic carbocycles. The first-order valence-corrected chi connectivity index (χ1v) is 20.3. The highest BCUT2D eigenvalue weighted by Crippen LogP contribution is 2.44. The normalized spacial score (nSPS) is 11.9. The van der Waals surface area contributed by atoms with Crippen LogP contribution in [0.2, 0.25) is 0 Å². The Morgan fingerprint density at radius 3 is 1.72 bits per heavy atom. The summed E-state index contributed by atoms with van der Waals surface area (Å²) in [5.41, 5.74) is 9.32. The van der Waals surface area contributed by atoms with Gasteiger partial charge in [0.15, 0.2) is 0 Å². The topological polar surface area (TPSA) is 8.17 Å². The van der Waals surface area contributed by atoms with Gasteiger partial charge in [-0.1, -0.05) is 133 Å². The zero-order valence-electron chi connectivity index (χ0n) is 30.9. The second-order valence-electron chi connectivity index (χ2n) is 15.0. The van der Waals surface area contributed by atoms with E-state index in [1.165, 1.54) is 85.4 Å². The van der Waals surface area contributed by atoms with Gasteiger partial charge in [-0.05, 0) is 116 Å². The summed E-state index contributed by atoms with van der Waals surface area (Å²) >= 11 is 1.89. The molecule has 0 radical (unpaired) electrons. The third-order valence-corrected chi connectivity index (χ3v) is 12.9. The first-order valence-electron chi connectivity index (χ1n) is 19.5. The average molecular weight is 743 g/mol. The lowest BCUT2D eigenvalue weighted by atomic mass is 10.0. The van der Waals surface area contributed by atoms with Crippen LogP contribution in [0.1, 0.15) is 0 Å². The number of nitrogens with zero attached hydrogens (tertiary/aromatic N) is 2. The maximum Gasteiger partial charge on any atom is 0.0542 e. The fourth-order valence-corrected chi connectivity index (χ4v) is 10.2. The van der Waals surface area contributed by atoms with Crippen molar-refractivity contribution in [1.82, 2.24) is 4.57 Å². The van der Waals surface area contributed by atoms with Gasteiger partial charge in [-0.2, -0.15) is 0 Å². The van der Waals surface area contributed by atoms with Crippen LogP contribution >= 0.6 is 11.3 Å². The SMILES string of the molecule is c1ccc2cc(-c3ccc(N(c4ccc5sc6c7ccccc7ccc6c5c4)c4ccc5c(c4)c4ccccc4n5-c4ccc5ccccc5c4)cc3)ccc2c1. The lowest BCUT2D eigenvalue weighted by molar-refractivity contribution is 1.18. The number of hydrogen-bond acceptors (Lipinski definition) is 2. The molecule has 0 aliphatic heterocycles. The Labute approximate surface area is 333 Å². The number of hydrogen-bond donors (Lipinski definition) is 0. The number of aromatic nitrogens is 1. The Morgan fingerprint density at radius 2 is 0.912 bits per heavy atom. The quantitative estimate of drug-likeness (QED) is 0.170. The van der Waals surface area contributed by atoms with E-state index in [1.54, 1.807) is 0 Å². The van der Waals surface area contributed by atoms with Gasteiger partial charge in [0.25, 0.3) is 0 Å². The van der Waals surface area contributed by atoms with Gasteiger partial charge in [0.05, 0.1) is 11.0 Å². The number of anilines is 3. The van der Waals surface area contributed by atoms with Crippen molar-refractivity contribution in [3.63, 3.8) is 0 Å². The predicted molar refractivity (Wildman–Crippen MR) is 246 cm³/mol. The number of thiophene rings is 1. The molecule has 12 rings (SSSR count). The van der Waals surface area contributed by atoms with Gasteiger partial charge in [-0.25, -0.2) is 0 Å². The molecule has 0 N–H and O–H groups in total.